The van der Waals surface area contributed by atoms with Gasteiger partial charge in [-0.1, -0.05) is 0 Å². The highest BCUT2D eigenvalue weighted by Crippen LogP contribution is 2.02. The summed E-state index contributed by atoms with van der Waals surface area (Å²) in [6.07, 6.45) is -0.246. The number of aromatic amines is 2. The molecule has 0 radical (unpaired) electrons. The normalized spacial score (nSPS) is 10.0. The van der Waals surface area contributed by atoms with Crippen LogP contribution < -0.4 is 5.56 Å². The first-order valence-electron chi connectivity index (χ1n) is 3.77. The third kappa shape index (κ3) is 2.00. The molecule has 4 N–H and O–H groups in total. The fourth-order valence-corrected chi connectivity index (χ4v) is 1.04. The minimum absolute atomic E-state index is 0.0181. The zero-order valence-electron chi connectivity index (χ0n) is 7.03. The third-order valence-corrected chi connectivity index (χ3v) is 1.66. The summed E-state index contributed by atoms with van der Waals surface area (Å²) in [7, 11) is 0. The van der Waals surface area contributed by atoms with Crippen molar-refractivity contribution in [3.63, 3.8) is 0 Å². The zero-order chi connectivity index (χ0) is 10.7. The molecule has 14 heavy (non-hydrogen) atoms. The highest BCUT2D eigenvalue weighted by Gasteiger charge is 2.17. The van der Waals surface area contributed by atoms with Crippen molar-refractivity contribution in [2.24, 2.45) is 0 Å². The van der Waals surface area contributed by atoms with Crippen molar-refractivity contribution in [2.75, 3.05) is 0 Å². The van der Waals surface area contributed by atoms with Crippen molar-refractivity contribution >= 4 is 11.9 Å². The highest BCUT2D eigenvalue weighted by atomic mass is 16.4. The van der Waals surface area contributed by atoms with Crippen LogP contribution >= 0.6 is 0 Å². The van der Waals surface area contributed by atoms with E-state index in [1.165, 1.54) is 0 Å². The average Bonchev–Trinajstić information content (AvgIpc) is 2.43. The molecule has 0 aliphatic heterocycles. The summed E-state index contributed by atoms with van der Waals surface area (Å²) >= 11 is 0. The van der Waals surface area contributed by atoms with Crippen molar-refractivity contribution in [1.82, 2.24) is 10.2 Å². The van der Waals surface area contributed by atoms with Gasteiger partial charge in [-0.3, -0.25) is 14.7 Å². The van der Waals surface area contributed by atoms with E-state index in [4.69, 9.17) is 10.2 Å². The molecule has 1 aromatic rings. The van der Waals surface area contributed by atoms with Gasteiger partial charge in [-0.05, 0) is 0 Å². The van der Waals surface area contributed by atoms with Crippen LogP contribution in [0.4, 0.5) is 0 Å². The van der Waals surface area contributed by atoms with Crippen LogP contribution in [-0.4, -0.2) is 32.3 Å². The average molecular weight is 200 g/mol. The Labute approximate surface area is 77.4 Å². The lowest BCUT2D eigenvalue weighted by Crippen LogP contribution is -2.13. The molecule has 0 aliphatic rings. The molecule has 76 valence electrons. The molecule has 0 bridgehead atoms. The minimum atomic E-state index is -1.37. The molecular weight excluding hydrogens is 192 g/mol. The zero-order valence-corrected chi connectivity index (χ0v) is 7.03. The maximum Gasteiger partial charge on any atom is 0.343 e. The molecule has 1 heterocycles. The summed E-state index contributed by atoms with van der Waals surface area (Å²) in [4.78, 5) is 31.7. The number of aryl methyl sites for hydroxylation is 1. The van der Waals surface area contributed by atoms with Gasteiger partial charge in [0, 0.05) is 6.42 Å². The van der Waals surface area contributed by atoms with Gasteiger partial charge in [-0.15, -0.1) is 0 Å². The van der Waals surface area contributed by atoms with Crippen molar-refractivity contribution in [3.8, 4) is 0 Å². The number of hydrogen-bond acceptors (Lipinski definition) is 3. The summed E-state index contributed by atoms with van der Waals surface area (Å²) in [5.41, 5.74) is -1.07. The van der Waals surface area contributed by atoms with Gasteiger partial charge in [0.25, 0.3) is 5.56 Å². The van der Waals surface area contributed by atoms with Crippen molar-refractivity contribution in [2.45, 2.75) is 12.8 Å². The van der Waals surface area contributed by atoms with Crippen LogP contribution in [0.3, 0.4) is 0 Å². The van der Waals surface area contributed by atoms with Gasteiger partial charge in [0.15, 0.2) is 0 Å². The second-order valence-electron chi connectivity index (χ2n) is 2.63. The first-order chi connectivity index (χ1) is 6.52. The highest BCUT2D eigenvalue weighted by molar-refractivity contribution is 5.88. The number of H-pyrrole nitrogens is 2. The smallest absolute Gasteiger partial charge is 0.343 e. The Balaban J connectivity index is 2.92. The van der Waals surface area contributed by atoms with E-state index < -0.39 is 23.1 Å². The van der Waals surface area contributed by atoms with Gasteiger partial charge < -0.3 is 15.3 Å². The number of aromatic carboxylic acids is 1. The van der Waals surface area contributed by atoms with Crippen LogP contribution in [0.1, 0.15) is 22.5 Å². The SMILES string of the molecule is O=C(O)CCc1[nH][nH]c(=O)c1C(=O)O. The Kier molecular flexibility index (Phi) is 2.70. The standard InChI is InChI=1S/C7H8N2O5/c10-4(11)2-1-3-5(7(13)14)6(12)9-8-3/h1-2H2,(H,10,11)(H,13,14)(H2,8,9,12). The van der Waals surface area contributed by atoms with Crippen molar-refractivity contribution in [3.05, 3.63) is 21.6 Å². The van der Waals surface area contributed by atoms with E-state index in [9.17, 15) is 14.4 Å². The summed E-state index contributed by atoms with van der Waals surface area (Å²) in [6.45, 7) is 0. The lowest BCUT2D eigenvalue weighted by Gasteiger charge is -1.94. The number of carboxylic acid groups (broad SMARTS) is 2. The molecule has 1 rings (SSSR count). The van der Waals surface area contributed by atoms with E-state index in [1.54, 1.807) is 0 Å². The van der Waals surface area contributed by atoms with Crippen LogP contribution in [0.5, 0.6) is 0 Å². The number of carboxylic acids is 2. The molecule has 7 nitrogen and oxygen atoms in total. The largest absolute Gasteiger partial charge is 0.481 e. The lowest BCUT2D eigenvalue weighted by molar-refractivity contribution is -0.136. The molecule has 0 amide bonds. The Bertz CT molecular complexity index is 416. The quantitative estimate of drug-likeness (QED) is 0.517. The number of hydrogen-bond donors (Lipinski definition) is 4. The fraction of sp³-hybridized carbons (Fsp3) is 0.286. The van der Waals surface area contributed by atoms with Crippen LogP contribution in [-0.2, 0) is 11.2 Å². The molecular formula is C7H8N2O5. The number of carbonyl (C=O) groups is 2. The maximum atomic E-state index is 10.9. The molecule has 1 aromatic heterocycles. The molecule has 7 heteroatoms. The summed E-state index contributed by atoms with van der Waals surface area (Å²) in [5.74, 6) is -2.42. The van der Waals surface area contributed by atoms with Crippen LogP contribution in [0.25, 0.3) is 0 Å². The second-order valence-corrected chi connectivity index (χ2v) is 2.63. The molecule has 0 unspecified atom stereocenters. The number of rotatable bonds is 4. The molecule has 0 aliphatic carbocycles. The summed E-state index contributed by atoms with van der Waals surface area (Å²) in [5, 5.41) is 21.4. The summed E-state index contributed by atoms with van der Waals surface area (Å²) < 4.78 is 0. The van der Waals surface area contributed by atoms with E-state index >= 15 is 0 Å². The van der Waals surface area contributed by atoms with Crippen LogP contribution in [0, 0.1) is 0 Å². The van der Waals surface area contributed by atoms with Gasteiger partial charge in [0.2, 0.25) is 0 Å². The molecule has 0 saturated carbocycles. The number of nitrogens with one attached hydrogen (secondary N) is 2. The van der Waals surface area contributed by atoms with E-state index in [0.717, 1.165) is 0 Å². The molecule has 0 spiro atoms. The number of aliphatic carboxylic acids is 1. The van der Waals surface area contributed by atoms with E-state index in [0.29, 0.717) is 0 Å². The second kappa shape index (κ2) is 3.77. The molecule has 0 aromatic carbocycles. The fourth-order valence-electron chi connectivity index (χ4n) is 1.04. The van der Waals surface area contributed by atoms with E-state index in [2.05, 4.69) is 10.2 Å². The Morgan fingerprint density at radius 1 is 1.21 bits per heavy atom. The predicted molar refractivity (Wildman–Crippen MR) is 44.3 cm³/mol. The van der Waals surface area contributed by atoms with Gasteiger partial charge in [-0.2, -0.15) is 0 Å². The topological polar surface area (TPSA) is 123 Å². The Morgan fingerprint density at radius 3 is 2.36 bits per heavy atom. The maximum absolute atomic E-state index is 10.9. The van der Waals surface area contributed by atoms with Gasteiger partial charge in [-0.25, -0.2) is 4.79 Å². The molecule has 0 saturated heterocycles. The molecule has 0 atom stereocenters. The third-order valence-electron chi connectivity index (χ3n) is 1.66. The van der Waals surface area contributed by atoms with Crippen molar-refractivity contribution < 1.29 is 19.8 Å². The van der Waals surface area contributed by atoms with Gasteiger partial charge >= 0.3 is 11.9 Å². The van der Waals surface area contributed by atoms with Gasteiger partial charge in [0.05, 0.1) is 12.1 Å². The first kappa shape index (κ1) is 10.0. The number of aromatic nitrogens is 2. The van der Waals surface area contributed by atoms with Gasteiger partial charge in [0.1, 0.15) is 5.56 Å². The lowest BCUT2D eigenvalue weighted by atomic mass is 10.1. The van der Waals surface area contributed by atoms with Crippen LogP contribution in [0.15, 0.2) is 4.79 Å². The van der Waals surface area contributed by atoms with E-state index in [-0.39, 0.29) is 18.5 Å². The summed E-state index contributed by atoms with van der Waals surface area (Å²) in [6, 6.07) is 0. The monoisotopic (exact) mass is 200 g/mol. The van der Waals surface area contributed by atoms with Crippen molar-refractivity contribution in [1.29, 1.82) is 0 Å². The molecule has 0 fully saturated rings. The Morgan fingerprint density at radius 2 is 1.86 bits per heavy atom. The first-order valence-corrected chi connectivity index (χ1v) is 3.77. The predicted octanol–water partition coefficient (Wildman–Crippen LogP) is -0.582. The Hall–Kier alpha value is -2.05. The van der Waals surface area contributed by atoms with Crippen LogP contribution in [0.2, 0.25) is 0 Å². The minimum Gasteiger partial charge on any atom is -0.481 e. The van der Waals surface area contributed by atoms with E-state index in [1.807, 2.05) is 0 Å².